The molecule has 32 heavy (non-hydrogen) atoms. The largest absolute Gasteiger partial charge is 0.466 e. The smallest absolute Gasteiger partial charge is 0.313 e. The Hall–Kier alpha value is -3.43. The van der Waals surface area contributed by atoms with Crippen LogP contribution in [0.4, 0.5) is 11.4 Å². The molecule has 166 valence electrons. The van der Waals surface area contributed by atoms with Crippen LogP contribution in [0.15, 0.2) is 64.6 Å². The van der Waals surface area contributed by atoms with Crippen LogP contribution in [0, 0.1) is 0 Å². The molecule has 3 aromatic rings. The Morgan fingerprint density at radius 1 is 1.12 bits per heavy atom. The zero-order chi connectivity index (χ0) is 22.6. The summed E-state index contributed by atoms with van der Waals surface area (Å²) in [6, 6.07) is 13.6. The minimum absolute atomic E-state index is 0.0447. The molecular formula is C23H23N3O5S. The van der Waals surface area contributed by atoms with E-state index in [2.05, 4.69) is 10.6 Å². The van der Waals surface area contributed by atoms with Crippen molar-refractivity contribution in [3.05, 3.63) is 70.8 Å². The number of furan rings is 1. The van der Waals surface area contributed by atoms with Crippen LogP contribution in [0.3, 0.4) is 0 Å². The van der Waals surface area contributed by atoms with Crippen molar-refractivity contribution in [2.24, 2.45) is 0 Å². The van der Waals surface area contributed by atoms with Crippen molar-refractivity contribution in [1.82, 2.24) is 5.32 Å². The normalized spacial score (nSPS) is 15.8. The van der Waals surface area contributed by atoms with Crippen molar-refractivity contribution >= 4 is 40.4 Å². The molecule has 3 amide bonds. The highest BCUT2D eigenvalue weighted by atomic mass is 32.1. The molecule has 1 aliphatic rings. The Morgan fingerprint density at radius 2 is 2.00 bits per heavy atom. The number of thiophene rings is 1. The minimum Gasteiger partial charge on any atom is -0.466 e. The number of nitrogens with one attached hydrogen (secondary N) is 2. The second-order valence-corrected chi connectivity index (χ2v) is 8.45. The number of rotatable bonds is 6. The predicted molar refractivity (Wildman–Crippen MR) is 120 cm³/mol. The maximum absolute atomic E-state index is 12.4. The van der Waals surface area contributed by atoms with Crippen molar-refractivity contribution in [3.8, 4) is 0 Å². The number of amides is 3. The SMILES string of the molecule is O=C(NCC(O)(c1ccco1)c1cccs1)C(=O)Nc1cccc(N2CCCCC2=O)c1. The van der Waals surface area contributed by atoms with Crippen LogP contribution in [0.1, 0.15) is 29.9 Å². The first-order chi connectivity index (χ1) is 15.5. The van der Waals surface area contributed by atoms with E-state index >= 15 is 0 Å². The Morgan fingerprint density at radius 3 is 2.72 bits per heavy atom. The molecule has 0 spiro atoms. The average Bonchev–Trinajstić information content (AvgIpc) is 3.53. The van der Waals surface area contributed by atoms with Crippen molar-refractivity contribution < 1.29 is 23.9 Å². The van der Waals surface area contributed by atoms with E-state index in [0.29, 0.717) is 29.2 Å². The summed E-state index contributed by atoms with van der Waals surface area (Å²) in [6.07, 6.45) is 3.74. The number of hydrogen-bond acceptors (Lipinski definition) is 6. The summed E-state index contributed by atoms with van der Waals surface area (Å²) in [5.74, 6) is -1.46. The third-order valence-corrected chi connectivity index (χ3v) is 6.33. The fourth-order valence-corrected chi connectivity index (χ4v) is 4.46. The fraction of sp³-hybridized carbons (Fsp3) is 0.261. The summed E-state index contributed by atoms with van der Waals surface area (Å²) in [5, 5.41) is 18.0. The lowest BCUT2D eigenvalue weighted by Gasteiger charge is -2.27. The zero-order valence-electron chi connectivity index (χ0n) is 17.2. The lowest BCUT2D eigenvalue weighted by atomic mass is 9.98. The van der Waals surface area contributed by atoms with E-state index in [4.69, 9.17) is 4.42 Å². The van der Waals surface area contributed by atoms with Crippen LogP contribution >= 0.6 is 11.3 Å². The molecule has 3 N–H and O–H groups in total. The molecule has 0 radical (unpaired) electrons. The Bertz CT molecular complexity index is 1060. The van der Waals surface area contributed by atoms with E-state index in [-0.39, 0.29) is 18.2 Å². The highest BCUT2D eigenvalue weighted by Gasteiger charge is 2.36. The number of anilines is 2. The van der Waals surface area contributed by atoms with Gasteiger partial charge in [-0.15, -0.1) is 11.3 Å². The average molecular weight is 454 g/mol. The summed E-state index contributed by atoms with van der Waals surface area (Å²) >= 11 is 1.31. The highest BCUT2D eigenvalue weighted by Crippen LogP contribution is 2.32. The molecule has 4 rings (SSSR count). The molecule has 8 nitrogen and oxygen atoms in total. The number of carbonyl (C=O) groups is 3. The van der Waals surface area contributed by atoms with E-state index in [9.17, 15) is 19.5 Å². The number of nitrogens with zero attached hydrogens (tertiary/aromatic N) is 1. The van der Waals surface area contributed by atoms with E-state index in [0.717, 1.165) is 12.8 Å². The third-order valence-electron chi connectivity index (χ3n) is 5.31. The molecule has 0 aliphatic carbocycles. The number of piperidine rings is 1. The quantitative estimate of drug-likeness (QED) is 0.497. The van der Waals surface area contributed by atoms with Gasteiger partial charge in [-0.3, -0.25) is 14.4 Å². The Labute approximate surface area is 188 Å². The van der Waals surface area contributed by atoms with Gasteiger partial charge in [0.1, 0.15) is 5.76 Å². The highest BCUT2D eigenvalue weighted by molar-refractivity contribution is 7.10. The van der Waals surface area contributed by atoms with Gasteiger partial charge in [0.05, 0.1) is 12.8 Å². The number of benzene rings is 1. The zero-order valence-corrected chi connectivity index (χ0v) is 18.1. The van der Waals surface area contributed by atoms with Crippen LogP contribution in [0.25, 0.3) is 0 Å². The van der Waals surface area contributed by atoms with Crippen molar-refractivity contribution in [2.45, 2.75) is 24.9 Å². The molecule has 1 atom stereocenters. The van der Waals surface area contributed by atoms with Gasteiger partial charge < -0.3 is 25.1 Å². The fourth-order valence-electron chi connectivity index (χ4n) is 3.63. The minimum atomic E-state index is -1.60. The van der Waals surface area contributed by atoms with Gasteiger partial charge in [-0.05, 0) is 54.6 Å². The molecule has 2 aromatic heterocycles. The Balaban J connectivity index is 1.42. The van der Waals surface area contributed by atoms with Gasteiger partial charge in [-0.1, -0.05) is 12.1 Å². The first-order valence-electron chi connectivity index (χ1n) is 10.3. The summed E-state index contributed by atoms with van der Waals surface area (Å²) in [5.41, 5.74) is -0.513. The number of carbonyl (C=O) groups excluding carboxylic acids is 3. The second kappa shape index (κ2) is 9.37. The molecule has 9 heteroatoms. The second-order valence-electron chi connectivity index (χ2n) is 7.50. The van der Waals surface area contributed by atoms with Gasteiger partial charge in [0.15, 0.2) is 5.60 Å². The summed E-state index contributed by atoms with van der Waals surface area (Å²) in [6.45, 7) is 0.389. The van der Waals surface area contributed by atoms with Gasteiger partial charge in [0, 0.05) is 29.2 Å². The molecule has 1 aromatic carbocycles. The van der Waals surface area contributed by atoms with Gasteiger partial charge in [0.2, 0.25) is 5.91 Å². The van der Waals surface area contributed by atoms with Gasteiger partial charge in [-0.25, -0.2) is 0 Å². The van der Waals surface area contributed by atoms with E-state index in [1.165, 1.54) is 17.6 Å². The van der Waals surface area contributed by atoms with Gasteiger partial charge >= 0.3 is 11.8 Å². The predicted octanol–water partition coefficient (Wildman–Crippen LogP) is 2.85. The molecule has 0 saturated carbocycles. The third kappa shape index (κ3) is 4.58. The van der Waals surface area contributed by atoms with Crippen molar-refractivity contribution in [1.29, 1.82) is 0 Å². The maximum atomic E-state index is 12.4. The van der Waals surface area contributed by atoms with Gasteiger partial charge in [-0.2, -0.15) is 0 Å². The van der Waals surface area contributed by atoms with Crippen LogP contribution in [-0.2, 0) is 20.0 Å². The first kappa shape index (κ1) is 21.8. The number of aliphatic hydroxyl groups is 1. The van der Waals surface area contributed by atoms with Gasteiger partial charge in [0.25, 0.3) is 0 Å². The van der Waals surface area contributed by atoms with Crippen LogP contribution < -0.4 is 15.5 Å². The van der Waals surface area contributed by atoms with Crippen LogP contribution in [0.2, 0.25) is 0 Å². The van der Waals surface area contributed by atoms with Crippen molar-refractivity contribution in [2.75, 3.05) is 23.3 Å². The summed E-state index contributed by atoms with van der Waals surface area (Å²) < 4.78 is 5.36. The van der Waals surface area contributed by atoms with E-state index < -0.39 is 17.4 Å². The lowest BCUT2D eigenvalue weighted by molar-refractivity contribution is -0.136. The molecule has 0 bridgehead atoms. The summed E-state index contributed by atoms with van der Waals surface area (Å²) in [4.78, 5) is 39.3. The Kier molecular flexibility index (Phi) is 6.38. The molecule has 1 fully saturated rings. The standard InChI is InChI=1S/C23H23N3O5S/c27-20-10-1-2-11-26(20)17-7-3-6-16(14-17)25-22(29)21(28)24-15-23(30,18-8-4-12-31-18)19-9-5-13-32-19/h3-9,12-14,30H,1-2,10-11,15H2,(H,24,28)(H,25,29). The van der Waals surface area contributed by atoms with Crippen LogP contribution in [0.5, 0.6) is 0 Å². The molecule has 1 unspecified atom stereocenters. The first-order valence-corrected chi connectivity index (χ1v) is 11.2. The molecular weight excluding hydrogens is 430 g/mol. The molecule has 1 aliphatic heterocycles. The summed E-state index contributed by atoms with van der Waals surface area (Å²) in [7, 11) is 0. The van der Waals surface area contributed by atoms with E-state index in [1.807, 2.05) is 0 Å². The monoisotopic (exact) mass is 453 g/mol. The maximum Gasteiger partial charge on any atom is 0.313 e. The van der Waals surface area contributed by atoms with Crippen molar-refractivity contribution in [3.63, 3.8) is 0 Å². The molecule has 1 saturated heterocycles. The van der Waals surface area contributed by atoms with Crippen LogP contribution in [-0.4, -0.2) is 35.9 Å². The number of hydrogen-bond donors (Lipinski definition) is 3. The topological polar surface area (TPSA) is 112 Å². The van der Waals surface area contributed by atoms with E-state index in [1.54, 1.807) is 58.8 Å². The molecule has 3 heterocycles. The lowest BCUT2D eigenvalue weighted by Crippen LogP contribution is -2.44.